The van der Waals surface area contributed by atoms with Crippen LogP contribution in [0.3, 0.4) is 0 Å². The third-order valence-corrected chi connectivity index (χ3v) is 5.55. The second-order valence-electron chi connectivity index (χ2n) is 7.51. The van der Waals surface area contributed by atoms with E-state index >= 15 is 0 Å². The highest BCUT2D eigenvalue weighted by Gasteiger charge is 2.36. The van der Waals surface area contributed by atoms with Crippen molar-refractivity contribution in [3.63, 3.8) is 0 Å². The second kappa shape index (κ2) is 9.23. The van der Waals surface area contributed by atoms with Crippen LogP contribution in [0.4, 0.5) is 11.5 Å². The van der Waals surface area contributed by atoms with Gasteiger partial charge in [0.1, 0.15) is 11.9 Å². The number of aromatic nitrogens is 2. The minimum absolute atomic E-state index is 0.0748. The van der Waals surface area contributed by atoms with Crippen molar-refractivity contribution < 1.29 is 23.8 Å². The average Bonchev–Trinajstić information content (AvgIpc) is 3.33. The van der Waals surface area contributed by atoms with Crippen LogP contribution in [-0.2, 0) is 16.0 Å². The number of carbonyl (C=O) groups is 2. The van der Waals surface area contributed by atoms with Crippen LogP contribution in [0.25, 0.3) is 11.1 Å². The minimum atomic E-state index is -0.746. The van der Waals surface area contributed by atoms with Gasteiger partial charge in [0.05, 0.1) is 33.4 Å². The molecule has 0 radical (unpaired) electrons. The molecular formula is C24H26N4O5. The Kier molecular flexibility index (Phi) is 6.21. The number of benzene rings is 2. The number of amides is 2. The molecule has 2 N–H and O–H groups in total. The van der Waals surface area contributed by atoms with E-state index < -0.39 is 6.04 Å². The first kappa shape index (κ1) is 22.2. The number of anilines is 2. The predicted molar refractivity (Wildman–Crippen MR) is 124 cm³/mol. The van der Waals surface area contributed by atoms with E-state index in [4.69, 9.17) is 14.2 Å². The number of rotatable bonds is 8. The summed E-state index contributed by atoms with van der Waals surface area (Å²) in [5.41, 5.74) is 3.19. The number of carbonyl (C=O) groups excluding carboxylic acids is 2. The van der Waals surface area contributed by atoms with Crippen LogP contribution < -0.4 is 24.8 Å². The summed E-state index contributed by atoms with van der Waals surface area (Å²) in [7, 11) is 4.51. The van der Waals surface area contributed by atoms with E-state index in [1.54, 1.807) is 16.8 Å². The van der Waals surface area contributed by atoms with Crippen molar-refractivity contribution in [1.29, 1.82) is 0 Å². The quantitative estimate of drug-likeness (QED) is 0.543. The van der Waals surface area contributed by atoms with E-state index in [1.165, 1.54) is 21.3 Å². The van der Waals surface area contributed by atoms with Gasteiger partial charge in [0.2, 0.25) is 11.7 Å². The van der Waals surface area contributed by atoms with Gasteiger partial charge in [0, 0.05) is 23.4 Å². The lowest BCUT2D eigenvalue weighted by molar-refractivity contribution is -0.123. The van der Waals surface area contributed by atoms with Gasteiger partial charge in [-0.2, -0.15) is 5.10 Å². The van der Waals surface area contributed by atoms with E-state index in [9.17, 15) is 9.59 Å². The van der Waals surface area contributed by atoms with Crippen LogP contribution in [0, 0.1) is 0 Å². The molecule has 172 valence electrons. The molecule has 1 aliphatic rings. The topological polar surface area (TPSA) is 104 Å². The molecule has 3 aromatic rings. The minimum Gasteiger partial charge on any atom is -0.493 e. The number of methoxy groups -OCH3 is 3. The molecule has 2 heterocycles. The Morgan fingerprint density at radius 2 is 1.76 bits per heavy atom. The first-order chi connectivity index (χ1) is 16.0. The van der Waals surface area contributed by atoms with Gasteiger partial charge in [-0.3, -0.25) is 9.59 Å². The molecule has 0 spiro atoms. The zero-order valence-corrected chi connectivity index (χ0v) is 19.0. The van der Waals surface area contributed by atoms with E-state index in [2.05, 4.69) is 15.7 Å². The largest absolute Gasteiger partial charge is 0.493 e. The van der Waals surface area contributed by atoms with E-state index in [0.717, 1.165) is 16.8 Å². The van der Waals surface area contributed by atoms with Crippen molar-refractivity contribution in [1.82, 2.24) is 9.78 Å². The van der Waals surface area contributed by atoms with Gasteiger partial charge in [-0.1, -0.05) is 37.3 Å². The highest BCUT2D eigenvalue weighted by Crippen LogP contribution is 2.41. The number of aryl methyl sites for hydroxylation is 1. The van der Waals surface area contributed by atoms with Crippen LogP contribution in [0.15, 0.2) is 42.5 Å². The molecule has 33 heavy (non-hydrogen) atoms. The number of ether oxygens (including phenoxy) is 3. The van der Waals surface area contributed by atoms with Crippen molar-refractivity contribution >= 4 is 23.3 Å². The van der Waals surface area contributed by atoms with Gasteiger partial charge >= 0.3 is 0 Å². The van der Waals surface area contributed by atoms with Gasteiger partial charge < -0.3 is 24.8 Å². The predicted octanol–water partition coefficient (Wildman–Crippen LogP) is 3.66. The third-order valence-electron chi connectivity index (χ3n) is 5.55. The number of fused-ring (bicyclic) bond motifs is 1. The number of nitrogens with one attached hydrogen (secondary N) is 2. The fourth-order valence-electron chi connectivity index (χ4n) is 4.01. The molecule has 2 aromatic carbocycles. The van der Waals surface area contributed by atoms with E-state index in [-0.39, 0.29) is 18.2 Å². The smallest absolute Gasteiger partial charge is 0.251 e. The van der Waals surface area contributed by atoms with Gasteiger partial charge in [-0.25, -0.2) is 4.68 Å². The number of nitrogens with zero attached hydrogens (tertiary/aromatic N) is 2. The van der Waals surface area contributed by atoms with E-state index in [1.807, 2.05) is 37.3 Å². The maximum atomic E-state index is 12.9. The second-order valence-corrected chi connectivity index (χ2v) is 7.51. The Bertz CT molecular complexity index is 1160. The van der Waals surface area contributed by atoms with Gasteiger partial charge in [-0.05, 0) is 12.0 Å². The Morgan fingerprint density at radius 3 is 2.33 bits per heavy atom. The maximum Gasteiger partial charge on any atom is 0.251 e. The van der Waals surface area contributed by atoms with Crippen LogP contribution >= 0.6 is 0 Å². The van der Waals surface area contributed by atoms with Crippen molar-refractivity contribution in [2.45, 2.75) is 25.8 Å². The summed E-state index contributed by atoms with van der Waals surface area (Å²) < 4.78 is 17.6. The Hall–Kier alpha value is -4.01. The summed E-state index contributed by atoms with van der Waals surface area (Å²) in [6, 6.07) is 12.3. The molecule has 0 saturated heterocycles. The molecule has 0 fully saturated rings. The van der Waals surface area contributed by atoms with Gasteiger partial charge in [0.15, 0.2) is 11.5 Å². The highest BCUT2D eigenvalue weighted by atomic mass is 16.5. The van der Waals surface area contributed by atoms with E-state index in [0.29, 0.717) is 35.2 Å². The van der Waals surface area contributed by atoms with Crippen molar-refractivity contribution in [2.75, 3.05) is 32.0 Å². The summed E-state index contributed by atoms with van der Waals surface area (Å²) in [4.78, 5) is 25.6. The summed E-state index contributed by atoms with van der Waals surface area (Å²) >= 11 is 0. The van der Waals surface area contributed by atoms with Crippen LogP contribution in [0.5, 0.6) is 17.2 Å². The zero-order valence-electron chi connectivity index (χ0n) is 19.0. The molecule has 1 atom stereocenters. The molecule has 4 rings (SSSR count). The zero-order chi connectivity index (χ0) is 23.5. The standard InChI is InChI=1S/C24H26N4O5/c1-5-16-21(14-9-7-6-8-10-14)23-26-24(30)17(28(23)27-16)13-20(29)25-15-11-18(31-2)22(33-4)19(12-15)32-3/h6-12,17H,5,13H2,1-4H3,(H,25,29)(H,26,30). The monoisotopic (exact) mass is 450 g/mol. The highest BCUT2D eigenvalue weighted by molar-refractivity contribution is 6.04. The fourth-order valence-corrected chi connectivity index (χ4v) is 4.01. The van der Waals surface area contributed by atoms with Crippen molar-refractivity contribution in [3.05, 3.63) is 48.2 Å². The molecule has 9 heteroatoms. The summed E-state index contributed by atoms with van der Waals surface area (Å²) in [6.45, 7) is 2.01. The Balaban J connectivity index is 1.59. The average molecular weight is 450 g/mol. The summed E-state index contributed by atoms with van der Waals surface area (Å²) in [5, 5.41) is 10.4. The lowest BCUT2D eigenvalue weighted by atomic mass is 10.0. The Labute approximate surface area is 191 Å². The number of hydrogen-bond donors (Lipinski definition) is 2. The molecule has 1 aromatic heterocycles. The molecule has 9 nitrogen and oxygen atoms in total. The molecule has 0 aliphatic carbocycles. The van der Waals surface area contributed by atoms with Gasteiger partial charge in [-0.15, -0.1) is 0 Å². The summed E-state index contributed by atoms with van der Waals surface area (Å²) in [6.07, 6.45) is 0.624. The molecule has 0 bridgehead atoms. The summed E-state index contributed by atoms with van der Waals surface area (Å²) in [5.74, 6) is 1.27. The molecule has 2 amide bonds. The van der Waals surface area contributed by atoms with Crippen LogP contribution in [0.2, 0.25) is 0 Å². The molecule has 1 unspecified atom stereocenters. The molecular weight excluding hydrogens is 424 g/mol. The van der Waals surface area contributed by atoms with Gasteiger partial charge in [0.25, 0.3) is 5.91 Å². The van der Waals surface area contributed by atoms with Crippen molar-refractivity contribution in [3.8, 4) is 28.4 Å². The molecule has 0 saturated carbocycles. The molecule has 1 aliphatic heterocycles. The van der Waals surface area contributed by atoms with Crippen molar-refractivity contribution in [2.24, 2.45) is 0 Å². The SMILES string of the molecule is CCc1nn2c(c1-c1ccccc1)NC(=O)C2CC(=O)Nc1cc(OC)c(OC)c(OC)c1. The number of hydrogen-bond acceptors (Lipinski definition) is 6. The third kappa shape index (κ3) is 4.09. The lowest BCUT2D eigenvalue weighted by Crippen LogP contribution is -2.24. The fraction of sp³-hybridized carbons (Fsp3) is 0.292. The van der Waals surface area contributed by atoms with Crippen LogP contribution in [-0.4, -0.2) is 42.9 Å². The van der Waals surface area contributed by atoms with Crippen LogP contribution in [0.1, 0.15) is 25.1 Å². The first-order valence-corrected chi connectivity index (χ1v) is 10.6. The normalized spacial score (nSPS) is 14.4. The Morgan fingerprint density at radius 1 is 1.09 bits per heavy atom. The first-order valence-electron chi connectivity index (χ1n) is 10.6. The lowest BCUT2D eigenvalue weighted by Gasteiger charge is -2.15. The maximum absolute atomic E-state index is 12.9.